The van der Waals surface area contributed by atoms with E-state index in [4.69, 9.17) is 0 Å². The second-order valence-electron chi connectivity index (χ2n) is 8.01. The highest BCUT2D eigenvalue weighted by atomic mass is 16.1. The van der Waals surface area contributed by atoms with Gasteiger partial charge in [0.15, 0.2) is 0 Å². The van der Waals surface area contributed by atoms with E-state index in [-0.39, 0.29) is 5.91 Å². The topological polar surface area (TPSA) is 33.5 Å². The molecule has 0 aromatic heterocycles. The average molecular weight is 315 g/mol. The molecule has 0 saturated carbocycles. The quantitative estimate of drug-likeness (QED) is 0.878. The van der Waals surface area contributed by atoms with Gasteiger partial charge in [0.2, 0.25) is 0 Å². The fourth-order valence-corrected chi connectivity index (χ4v) is 4.53. The molecule has 1 aromatic rings. The summed E-state index contributed by atoms with van der Waals surface area (Å²) < 4.78 is 0. The van der Waals surface area contributed by atoms with E-state index in [1.54, 1.807) is 0 Å². The first-order chi connectivity index (χ1) is 11.0. The Bertz CT molecular complexity index is 523. The SMILES string of the molecule is Cc1ccc(C(=O)NC2C[C@H]3CCC[C@@H](C2)[NH+]3CC(C)C)cc1. The molecule has 0 aliphatic carbocycles. The van der Waals surface area contributed by atoms with Crippen LogP contribution in [0.3, 0.4) is 0 Å². The number of quaternary nitrogens is 1. The number of fused-ring (bicyclic) bond motifs is 2. The van der Waals surface area contributed by atoms with Gasteiger partial charge in [-0.3, -0.25) is 4.79 Å². The number of aryl methyl sites for hydroxylation is 1. The summed E-state index contributed by atoms with van der Waals surface area (Å²) in [6, 6.07) is 9.74. The molecule has 3 rings (SSSR count). The second kappa shape index (κ2) is 7.04. The zero-order chi connectivity index (χ0) is 16.4. The predicted octanol–water partition coefficient (Wildman–Crippen LogP) is 2.35. The number of carbonyl (C=O) groups excluding carboxylic acids is 1. The first kappa shape index (κ1) is 16.5. The van der Waals surface area contributed by atoms with E-state index in [9.17, 15) is 4.79 Å². The molecule has 2 fully saturated rings. The average Bonchev–Trinajstić information content (AvgIpc) is 2.48. The van der Waals surface area contributed by atoms with Crippen LogP contribution in [0.2, 0.25) is 0 Å². The normalized spacial score (nSPS) is 30.3. The second-order valence-corrected chi connectivity index (χ2v) is 8.01. The van der Waals surface area contributed by atoms with Gasteiger partial charge in [-0.05, 0) is 38.3 Å². The number of benzene rings is 1. The lowest BCUT2D eigenvalue weighted by atomic mass is 9.81. The molecular formula is C20H31N2O+. The van der Waals surface area contributed by atoms with E-state index in [0.717, 1.165) is 36.4 Å². The van der Waals surface area contributed by atoms with Crippen LogP contribution in [-0.2, 0) is 0 Å². The minimum absolute atomic E-state index is 0.0976. The third-order valence-corrected chi connectivity index (χ3v) is 5.58. The lowest BCUT2D eigenvalue weighted by Crippen LogP contribution is -3.21. The van der Waals surface area contributed by atoms with E-state index < -0.39 is 0 Å². The van der Waals surface area contributed by atoms with Crippen molar-refractivity contribution in [1.29, 1.82) is 0 Å². The Hall–Kier alpha value is -1.35. The number of nitrogens with one attached hydrogen (secondary N) is 2. The van der Waals surface area contributed by atoms with Crippen molar-refractivity contribution in [2.75, 3.05) is 6.54 Å². The number of hydrogen-bond donors (Lipinski definition) is 2. The van der Waals surface area contributed by atoms with Gasteiger partial charge >= 0.3 is 0 Å². The van der Waals surface area contributed by atoms with E-state index in [0.29, 0.717) is 6.04 Å². The van der Waals surface area contributed by atoms with E-state index in [1.165, 1.54) is 31.4 Å². The van der Waals surface area contributed by atoms with Gasteiger partial charge in [0.25, 0.3) is 5.91 Å². The molecule has 0 spiro atoms. The van der Waals surface area contributed by atoms with Gasteiger partial charge in [-0.1, -0.05) is 31.5 Å². The Labute approximate surface area is 140 Å². The van der Waals surface area contributed by atoms with Crippen LogP contribution >= 0.6 is 0 Å². The Kier molecular flexibility index (Phi) is 5.05. The van der Waals surface area contributed by atoms with Crippen LogP contribution in [0.25, 0.3) is 0 Å². The Morgan fingerprint density at radius 1 is 1.17 bits per heavy atom. The Balaban J connectivity index is 1.62. The number of piperidine rings is 2. The van der Waals surface area contributed by atoms with Crippen LogP contribution < -0.4 is 10.2 Å². The number of rotatable bonds is 4. The largest absolute Gasteiger partial charge is 0.349 e. The summed E-state index contributed by atoms with van der Waals surface area (Å²) in [7, 11) is 0. The van der Waals surface area contributed by atoms with Crippen LogP contribution in [0.5, 0.6) is 0 Å². The van der Waals surface area contributed by atoms with Crippen molar-refractivity contribution >= 4 is 5.91 Å². The molecule has 0 radical (unpaired) electrons. The lowest BCUT2D eigenvalue weighted by molar-refractivity contribution is -0.963. The summed E-state index contributed by atoms with van der Waals surface area (Å²) in [5, 5.41) is 3.30. The van der Waals surface area contributed by atoms with E-state index in [1.807, 2.05) is 29.2 Å². The third-order valence-electron chi connectivity index (χ3n) is 5.58. The molecule has 23 heavy (non-hydrogen) atoms. The highest BCUT2D eigenvalue weighted by molar-refractivity contribution is 5.94. The first-order valence-corrected chi connectivity index (χ1v) is 9.26. The minimum atomic E-state index is 0.0976. The van der Waals surface area contributed by atoms with Crippen molar-refractivity contribution in [3.8, 4) is 0 Å². The number of carbonyl (C=O) groups is 1. The smallest absolute Gasteiger partial charge is 0.251 e. The maximum Gasteiger partial charge on any atom is 0.251 e. The molecule has 3 heteroatoms. The van der Waals surface area contributed by atoms with Crippen molar-refractivity contribution in [3.05, 3.63) is 35.4 Å². The molecule has 2 aliphatic heterocycles. The summed E-state index contributed by atoms with van der Waals surface area (Å²) in [6.07, 6.45) is 6.33. The molecular weight excluding hydrogens is 284 g/mol. The van der Waals surface area contributed by atoms with Gasteiger partial charge < -0.3 is 10.2 Å². The molecule has 2 bridgehead atoms. The predicted molar refractivity (Wildman–Crippen MR) is 93.8 cm³/mol. The van der Waals surface area contributed by atoms with Crippen LogP contribution in [0.15, 0.2) is 24.3 Å². The van der Waals surface area contributed by atoms with Gasteiger partial charge in [-0.25, -0.2) is 0 Å². The molecule has 3 nitrogen and oxygen atoms in total. The van der Waals surface area contributed by atoms with Gasteiger partial charge in [0, 0.05) is 30.4 Å². The first-order valence-electron chi connectivity index (χ1n) is 9.26. The van der Waals surface area contributed by atoms with Crippen molar-refractivity contribution in [1.82, 2.24) is 5.32 Å². The summed E-state index contributed by atoms with van der Waals surface area (Å²) >= 11 is 0. The van der Waals surface area contributed by atoms with Crippen LogP contribution in [0, 0.1) is 12.8 Å². The molecule has 2 aliphatic rings. The standard InChI is InChI=1S/C20H30N2O/c1-14(2)13-22-18-5-4-6-19(22)12-17(11-18)21-20(23)16-9-7-15(3)8-10-16/h7-10,14,17-19H,4-6,11-13H2,1-3H3,(H,21,23)/p+1/t17?,18-,19+. The van der Waals surface area contributed by atoms with Crippen LogP contribution in [0.1, 0.15) is 61.9 Å². The zero-order valence-electron chi connectivity index (χ0n) is 14.8. The molecule has 2 N–H and O–H groups in total. The fraction of sp³-hybridized carbons (Fsp3) is 0.650. The van der Waals surface area contributed by atoms with Crippen molar-refractivity contribution in [2.45, 2.75) is 71.0 Å². The molecule has 1 aromatic carbocycles. The monoisotopic (exact) mass is 315 g/mol. The van der Waals surface area contributed by atoms with Gasteiger partial charge in [-0.15, -0.1) is 0 Å². The van der Waals surface area contributed by atoms with Crippen LogP contribution in [-0.4, -0.2) is 30.6 Å². The lowest BCUT2D eigenvalue weighted by Gasteiger charge is -2.46. The molecule has 2 heterocycles. The van der Waals surface area contributed by atoms with Crippen molar-refractivity contribution < 1.29 is 9.69 Å². The molecule has 1 amide bonds. The summed E-state index contributed by atoms with van der Waals surface area (Å²) in [5.41, 5.74) is 1.99. The van der Waals surface area contributed by atoms with Gasteiger partial charge in [-0.2, -0.15) is 0 Å². The number of hydrogen-bond acceptors (Lipinski definition) is 1. The summed E-state index contributed by atoms with van der Waals surface area (Å²) in [5.74, 6) is 0.854. The minimum Gasteiger partial charge on any atom is -0.349 e. The maximum atomic E-state index is 12.5. The number of amides is 1. The summed E-state index contributed by atoms with van der Waals surface area (Å²) in [4.78, 5) is 14.3. The van der Waals surface area contributed by atoms with Gasteiger partial charge in [0.05, 0.1) is 18.6 Å². The highest BCUT2D eigenvalue weighted by Gasteiger charge is 2.42. The molecule has 2 saturated heterocycles. The molecule has 4 atom stereocenters. The van der Waals surface area contributed by atoms with E-state index in [2.05, 4.69) is 26.1 Å². The zero-order valence-corrected chi connectivity index (χ0v) is 14.8. The van der Waals surface area contributed by atoms with Gasteiger partial charge in [0.1, 0.15) is 0 Å². The summed E-state index contributed by atoms with van der Waals surface area (Å²) in [6.45, 7) is 7.99. The molecule has 2 unspecified atom stereocenters. The Morgan fingerprint density at radius 2 is 1.78 bits per heavy atom. The highest BCUT2D eigenvalue weighted by Crippen LogP contribution is 2.23. The van der Waals surface area contributed by atoms with Crippen LogP contribution in [0.4, 0.5) is 0 Å². The fourth-order valence-electron chi connectivity index (χ4n) is 4.53. The maximum absolute atomic E-state index is 12.5. The van der Waals surface area contributed by atoms with E-state index >= 15 is 0 Å². The van der Waals surface area contributed by atoms with Crippen molar-refractivity contribution in [2.24, 2.45) is 5.92 Å². The third kappa shape index (κ3) is 3.95. The van der Waals surface area contributed by atoms with Crippen molar-refractivity contribution in [3.63, 3.8) is 0 Å². The molecule has 126 valence electrons. The Morgan fingerprint density at radius 3 is 2.35 bits per heavy atom.